The first-order chi connectivity index (χ1) is 17.9. The molecule has 9 nitrogen and oxygen atoms in total. The van der Waals surface area contributed by atoms with Crippen molar-refractivity contribution in [1.29, 1.82) is 0 Å². The van der Waals surface area contributed by atoms with Gasteiger partial charge in [-0.25, -0.2) is 14.5 Å². The van der Waals surface area contributed by atoms with Crippen LogP contribution in [0.5, 0.6) is 0 Å². The molecule has 3 amide bonds. The first kappa shape index (κ1) is 29.3. The van der Waals surface area contributed by atoms with Crippen molar-refractivity contribution >= 4 is 29.7 Å². The standard InChI is InChI=1S/C29H40N2O7/c1-6-8-14-22(32)17-21-15-16-30(19-20-12-10-9-11-13-20)25(34)29(21)18-23(24(33)37-7-2)31(26(29)35)27(36)38-28(3,4)5/h9-13,21,23H,6-8,14-19H2,1-5H3/t21-,23+,29+/m0/s1. The number of piperidine rings is 1. The lowest BCUT2D eigenvalue weighted by molar-refractivity contribution is -0.161. The van der Waals surface area contributed by atoms with E-state index in [1.165, 1.54) is 0 Å². The summed E-state index contributed by atoms with van der Waals surface area (Å²) >= 11 is 0. The molecule has 2 saturated heterocycles. The summed E-state index contributed by atoms with van der Waals surface area (Å²) in [6.07, 6.45) is 1.13. The zero-order chi connectivity index (χ0) is 28.1. The fourth-order valence-corrected chi connectivity index (χ4v) is 5.41. The summed E-state index contributed by atoms with van der Waals surface area (Å²) in [5.41, 5.74) is -1.77. The van der Waals surface area contributed by atoms with Gasteiger partial charge in [0.25, 0.3) is 0 Å². The Morgan fingerprint density at radius 1 is 1.05 bits per heavy atom. The molecule has 0 saturated carbocycles. The van der Waals surface area contributed by atoms with Crippen molar-refractivity contribution in [3.05, 3.63) is 35.9 Å². The summed E-state index contributed by atoms with van der Waals surface area (Å²) in [6.45, 7) is 9.28. The summed E-state index contributed by atoms with van der Waals surface area (Å²) in [7, 11) is 0. The van der Waals surface area contributed by atoms with Gasteiger partial charge in [0.1, 0.15) is 22.8 Å². The second-order valence-corrected chi connectivity index (χ2v) is 11.1. The lowest BCUT2D eigenvalue weighted by Crippen LogP contribution is -2.57. The molecule has 2 fully saturated rings. The molecule has 0 radical (unpaired) electrons. The van der Waals surface area contributed by atoms with Crippen LogP contribution >= 0.6 is 0 Å². The highest BCUT2D eigenvalue weighted by molar-refractivity contribution is 6.14. The number of carbonyl (C=O) groups excluding carboxylic acids is 5. The van der Waals surface area contributed by atoms with Crippen molar-refractivity contribution in [2.75, 3.05) is 13.2 Å². The number of amides is 3. The number of esters is 1. The minimum Gasteiger partial charge on any atom is -0.464 e. The van der Waals surface area contributed by atoms with Crippen molar-refractivity contribution < 1.29 is 33.4 Å². The topological polar surface area (TPSA) is 110 Å². The number of ketones is 1. The molecule has 2 aliphatic rings. The zero-order valence-corrected chi connectivity index (χ0v) is 23.2. The summed E-state index contributed by atoms with van der Waals surface area (Å²) in [5, 5.41) is 0. The Kier molecular flexibility index (Phi) is 9.33. The van der Waals surface area contributed by atoms with Gasteiger partial charge in [-0.3, -0.25) is 14.4 Å². The van der Waals surface area contributed by atoms with Crippen molar-refractivity contribution in [1.82, 2.24) is 9.80 Å². The van der Waals surface area contributed by atoms with E-state index in [0.29, 0.717) is 19.4 Å². The lowest BCUT2D eigenvalue weighted by Gasteiger charge is -2.43. The Morgan fingerprint density at radius 3 is 2.34 bits per heavy atom. The molecule has 0 unspecified atom stereocenters. The normalized spacial score (nSPS) is 23.6. The number of imide groups is 1. The third-order valence-electron chi connectivity index (χ3n) is 7.19. The third kappa shape index (κ3) is 6.25. The molecular weight excluding hydrogens is 488 g/mol. The van der Waals surface area contributed by atoms with E-state index < -0.39 is 46.9 Å². The zero-order valence-electron chi connectivity index (χ0n) is 23.2. The Bertz CT molecular complexity index is 1050. The molecule has 208 valence electrons. The van der Waals surface area contributed by atoms with Crippen LogP contribution in [0.4, 0.5) is 4.79 Å². The molecule has 0 bridgehead atoms. The molecule has 38 heavy (non-hydrogen) atoms. The highest BCUT2D eigenvalue weighted by atomic mass is 16.6. The maximum absolute atomic E-state index is 14.2. The number of hydrogen-bond donors (Lipinski definition) is 0. The van der Waals surface area contributed by atoms with Gasteiger partial charge < -0.3 is 14.4 Å². The van der Waals surface area contributed by atoms with E-state index in [1.54, 1.807) is 32.6 Å². The van der Waals surface area contributed by atoms with Crippen LogP contribution < -0.4 is 0 Å². The van der Waals surface area contributed by atoms with Crippen molar-refractivity contribution in [3.63, 3.8) is 0 Å². The van der Waals surface area contributed by atoms with Gasteiger partial charge in [-0.15, -0.1) is 0 Å². The number of rotatable bonds is 9. The van der Waals surface area contributed by atoms with Crippen molar-refractivity contribution in [3.8, 4) is 0 Å². The van der Waals surface area contributed by atoms with Gasteiger partial charge in [0, 0.05) is 32.4 Å². The number of unbranched alkanes of at least 4 members (excludes halogenated alkanes) is 1. The fourth-order valence-electron chi connectivity index (χ4n) is 5.41. The van der Waals surface area contributed by atoms with E-state index in [1.807, 2.05) is 37.3 Å². The van der Waals surface area contributed by atoms with Crippen LogP contribution in [0.1, 0.15) is 78.7 Å². The molecule has 2 heterocycles. The Balaban J connectivity index is 2.04. The molecule has 1 aromatic carbocycles. The SMILES string of the molecule is CCCCC(=O)C[C@@H]1CCN(Cc2ccccc2)C(=O)[C@@]12C[C@H](C(=O)OCC)N(C(=O)OC(C)(C)C)C2=O. The summed E-state index contributed by atoms with van der Waals surface area (Å²) in [5.74, 6) is -2.69. The molecule has 9 heteroatoms. The van der Waals surface area contributed by atoms with Gasteiger partial charge in [-0.2, -0.15) is 0 Å². The predicted molar refractivity (Wildman–Crippen MR) is 140 cm³/mol. The van der Waals surface area contributed by atoms with Crippen molar-refractivity contribution in [2.45, 2.75) is 91.3 Å². The quantitative estimate of drug-likeness (QED) is 0.348. The van der Waals surface area contributed by atoms with Crippen molar-refractivity contribution in [2.24, 2.45) is 11.3 Å². The highest BCUT2D eigenvalue weighted by Gasteiger charge is 2.66. The average Bonchev–Trinajstić information content (AvgIpc) is 3.16. The van der Waals surface area contributed by atoms with Crippen LogP contribution in [-0.2, 0) is 35.2 Å². The van der Waals surface area contributed by atoms with Crippen LogP contribution in [0.15, 0.2) is 30.3 Å². The molecule has 1 aromatic rings. The smallest absolute Gasteiger partial charge is 0.417 e. The van der Waals surface area contributed by atoms with Crippen LogP contribution in [0.25, 0.3) is 0 Å². The monoisotopic (exact) mass is 528 g/mol. The minimum atomic E-state index is -1.73. The van der Waals surface area contributed by atoms with E-state index in [2.05, 4.69) is 0 Å². The van der Waals surface area contributed by atoms with Gasteiger partial charge in [-0.05, 0) is 52.0 Å². The minimum absolute atomic E-state index is 0.0308. The number of Topliss-reactive ketones (excluding diaryl/α,β-unsaturated/α-hetero) is 1. The van der Waals surface area contributed by atoms with Gasteiger partial charge >= 0.3 is 12.1 Å². The predicted octanol–water partition coefficient (Wildman–Crippen LogP) is 4.27. The van der Waals surface area contributed by atoms with E-state index in [-0.39, 0.29) is 31.8 Å². The highest BCUT2D eigenvalue weighted by Crippen LogP contribution is 2.50. The average molecular weight is 529 g/mol. The Morgan fingerprint density at radius 2 is 1.74 bits per heavy atom. The van der Waals surface area contributed by atoms with Gasteiger partial charge in [0.15, 0.2) is 0 Å². The maximum Gasteiger partial charge on any atom is 0.417 e. The fraction of sp³-hybridized carbons (Fsp3) is 0.621. The second kappa shape index (κ2) is 12.1. The van der Waals surface area contributed by atoms with Crippen LogP contribution in [0.3, 0.4) is 0 Å². The number of hydrogen-bond acceptors (Lipinski definition) is 7. The molecule has 3 rings (SSSR count). The van der Waals surface area contributed by atoms with E-state index in [0.717, 1.165) is 23.3 Å². The lowest BCUT2D eigenvalue weighted by atomic mass is 9.66. The number of likely N-dealkylation sites (tertiary alicyclic amines) is 2. The molecule has 1 spiro atoms. The Hall–Kier alpha value is -3.23. The molecule has 0 aromatic heterocycles. The number of benzene rings is 1. The van der Waals surface area contributed by atoms with E-state index >= 15 is 0 Å². The first-order valence-electron chi connectivity index (χ1n) is 13.5. The molecule has 3 atom stereocenters. The van der Waals surface area contributed by atoms with Crippen LogP contribution in [-0.4, -0.2) is 64.3 Å². The van der Waals surface area contributed by atoms with E-state index in [4.69, 9.17) is 9.47 Å². The number of ether oxygens (including phenoxy) is 2. The third-order valence-corrected chi connectivity index (χ3v) is 7.19. The van der Waals surface area contributed by atoms with Crippen LogP contribution in [0, 0.1) is 11.3 Å². The summed E-state index contributed by atoms with van der Waals surface area (Å²) in [6, 6.07) is 8.10. The maximum atomic E-state index is 14.2. The van der Waals surface area contributed by atoms with Gasteiger partial charge in [-0.1, -0.05) is 43.7 Å². The van der Waals surface area contributed by atoms with Gasteiger partial charge in [0.05, 0.1) is 6.61 Å². The number of nitrogens with zero attached hydrogens (tertiary/aromatic N) is 2. The summed E-state index contributed by atoms with van der Waals surface area (Å²) < 4.78 is 10.7. The molecular formula is C29H40N2O7. The van der Waals surface area contributed by atoms with Crippen LogP contribution in [0.2, 0.25) is 0 Å². The molecule has 0 N–H and O–H groups in total. The van der Waals surface area contributed by atoms with Gasteiger partial charge in [0.2, 0.25) is 11.8 Å². The largest absolute Gasteiger partial charge is 0.464 e. The van der Waals surface area contributed by atoms with E-state index in [9.17, 15) is 24.0 Å². The molecule has 0 aliphatic carbocycles. The Labute approximate surface area is 224 Å². The first-order valence-corrected chi connectivity index (χ1v) is 13.5. The summed E-state index contributed by atoms with van der Waals surface area (Å²) in [4.78, 5) is 69.9. The number of carbonyl (C=O) groups is 5. The molecule has 2 aliphatic heterocycles. The second-order valence-electron chi connectivity index (χ2n) is 11.1.